The molecular formula is C24H30N2O5. The van der Waals surface area contributed by atoms with Gasteiger partial charge in [0.15, 0.2) is 11.5 Å². The fourth-order valence-electron chi connectivity index (χ4n) is 3.45. The van der Waals surface area contributed by atoms with Crippen molar-refractivity contribution in [3.8, 4) is 17.2 Å². The summed E-state index contributed by atoms with van der Waals surface area (Å²) >= 11 is 0. The van der Waals surface area contributed by atoms with Crippen molar-refractivity contribution in [3.63, 3.8) is 0 Å². The second kappa shape index (κ2) is 10.2. The Kier molecular flexibility index (Phi) is 7.39. The zero-order valence-electron chi connectivity index (χ0n) is 18.5. The third kappa shape index (κ3) is 5.90. The SMILES string of the molecule is COc1cccc(CN(C(=O)CCc2ccc3c(c2)OCO3)[C@@H](C)C(=O)NC(C)C)c1. The number of amides is 2. The van der Waals surface area contributed by atoms with Crippen molar-refractivity contribution >= 4 is 11.8 Å². The smallest absolute Gasteiger partial charge is 0.242 e. The normalized spacial score (nSPS) is 13.1. The Morgan fingerprint density at radius 2 is 1.84 bits per heavy atom. The third-order valence-corrected chi connectivity index (χ3v) is 5.15. The standard InChI is InChI=1S/C24H30N2O5/c1-16(2)25-24(28)17(3)26(14-19-6-5-7-20(12-19)29-4)23(27)11-9-18-8-10-21-22(13-18)31-15-30-21/h5-8,10,12-13,16-17H,9,11,14-15H2,1-4H3,(H,25,28)/t17-/m0/s1. The van der Waals surface area contributed by atoms with Crippen molar-refractivity contribution in [2.24, 2.45) is 0 Å². The molecule has 0 saturated heterocycles. The highest BCUT2D eigenvalue weighted by molar-refractivity contribution is 5.87. The maximum atomic E-state index is 13.2. The van der Waals surface area contributed by atoms with E-state index in [0.29, 0.717) is 30.2 Å². The lowest BCUT2D eigenvalue weighted by Gasteiger charge is -2.29. The number of hydrogen-bond acceptors (Lipinski definition) is 5. The lowest BCUT2D eigenvalue weighted by molar-refractivity contribution is -0.140. The molecule has 7 nitrogen and oxygen atoms in total. The van der Waals surface area contributed by atoms with Crippen LogP contribution >= 0.6 is 0 Å². The summed E-state index contributed by atoms with van der Waals surface area (Å²) < 4.78 is 16.1. The molecule has 2 amide bonds. The summed E-state index contributed by atoms with van der Waals surface area (Å²) in [6.07, 6.45) is 0.825. The van der Waals surface area contributed by atoms with E-state index in [1.54, 1.807) is 18.9 Å². The van der Waals surface area contributed by atoms with Gasteiger partial charge in [0.1, 0.15) is 11.8 Å². The molecule has 31 heavy (non-hydrogen) atoms. The second-order valence-corrected chi connectivity index (χ2v) is 7.90. The van der Waals surface area contributed by atoms with Gasteiger partial charge in [-0.1, -0.05) is 18.2 Å². The van der Waals surface area contributed by atoms with Gasteiger partial charge in [0.25, 0.3) is 0 Å². The van der Waals surface area contributed by atoms with Crippen molar-refractivity contribution in [3.05, 3.63) is 53.6 Å². The number of benzene rings is 2. The van der Waals surface area contributed by atoms with E-state index >= 15 is 0 Å². The number of hydrogen-bond donors (Lipinski definition) is 1. The molecule has 0 aromatic heterocycles. The van der Waals surface area contributed by atoms with Gasteiger partial charge in [-0.05, 0) is 62.6 Å². The summed E-state index contributed by atoms with van der Waals surface area (Å²) in [5.41, 5.74) is 1.89. The van der Waals surface area contributed by atoms with Gasteiger partial charge < -0.3 is 24.4 Å². The van der Waals surface area contributed by atoms with Crippen molar-refractivity contribution in [2.75, 3.05) is 13.9 Å². The van der Waals surface area contributed by atoms with Gasteiger partial charge in [0.05, 0.1) is 7.11 Å². The average molecular weight is 427 g/mol. The number of carbonyl (C=O) groups is 2. The predicted molar refractivity (Wildman–Crippen MR) is 117 cm³/mol. The topological polar surface area (TPSA) is 77.1 Å². The molecule has 1 aliphatic heterocycles. The first-order valence-corrected chi connectivity index (χ1v) is 10.5. The monoisotopic (exact) mass is 426 g/mol. The van der Waals surface area contributed by atoms with Gasteiger partial charge in [-0.15, -0.1) is 0 Å². The first-order valence-electron chi connectivity index (χ1n) is 10.5. The largest absolute Gasteiger partial charge is 0.497 e. The summed E-state index contributed by atoms with van der Waals surface area (Å²) in [5, 5.41) is 2.90. The molecule has 0 aliphatic carbocycles. The first-order chi connectivity index (χ1) is 14.9. The number of rotatable bonds is 9. The molecule has 2 aromatic rings. The maximum absolute atomic E-state index is 13.2. The van der Waals surface area contributed by atoms with Crippen molar-refractivity contribution < 1.29 is 23.8 Å². The van der Waals surface area contributed by atoms with Crippen LogP contribution in [0.4, 0.5) is 0 Å². The number of methoxy groups -OCH3 is 1. The maximum Gasteiger partial charge on any atom is 0.242 e. The fourth-order valence-corrected chi connectivity index (χ4v) is 3.45. The van der Waals surface area contributed by atoms with Crippen molar-refractivity contribution in [1.29, 1.82) is 0 Å². The van der Waals surface area contributed by atoms with Crippen LogP contribution < -0.4 is 19.5 Å². The third-order valence-electron chi connectivity index (χ3n) is 5.15. The highest BCUT2D eigenvalue weighted by Gasteiger charge is 2.26. The van der Waals surface area contributed by atoms with Crippen LogP contribution in [0.2, 0.25) is 0 Å². The summed E-state index contributed by atoms with van der Waals surface area (Å²) in [4.78, 5) is 27.5. The minimum Gasteiger partial charge on any atom is -0.497 e. The number of aryl methyl sites for hydroxylation is 1. The van der Waals surface area contributed by atoms with Crippen LogP contribution in [0.1, 0.15) is 38.3 Å². The molecule has 2 aromatic carbocycles. The predicted octanol–water partition coefficient (Wildman–Crippen LogP) is 3.30. The van der Waals surface area contributed by atoms with Gasteiger partial charge in [0, 0.05) is 19.0 Å². The Hall–Kier alpha value is -3.22. The number of carbonyl (C=O) groups excluding carboxylic acids is 2. The Balaban J connectivity index is 1.73. The summed E-state index contributed by atoms with van der Waals surface area (Å²) in [5.74, 6) is 1.86. The summed E-state index contributed by atoms with van der Waals surface area (Å²) in [6, 6.07) is 12.6. The molecule has 0 fully saturated rings. The molecule has 0 unspecified atom stereocenters. The van der Waals surface area contributed by atoms with Crippen LogP contribution in [0.25, 0.3) is 0 Å². The average Bonchev–Trinajstić information content (AvgIpc) is 3.23. The number of fused-ring (bicyclic) bond motifs is 1. The molecule has 1 heterocycles. The highest BCUT2D eigenvalue weighted by atomic mass is 16.7. The molecule has 166 valence electrons. The quantitative estimate of drug-likeness (QED) is 0.666. The molecule has 3 rings (SSSR count). The molecular weight excluding hydrogens is 396 g/mol. The Labute approximate surface area is 183 Å². The van der Waals surface area contributed by atoms with Crippen LogP contribution in [0, 0.1) is 0 Å². The van der Waals surface area contributed by atoms with Crippen molar-refractivity contribution in [1.82, 2.24) is 10.2 Å². The Morgan fingerprint density at radius 1 is 1.06 bits per heavy atom. The molecule has 0 radical (unpaired) electrons. The van der Waals surface area contributed by atoms with Gasteiger partial charge in [-0.2, -0.15) is 0 Å². The van der Waals surface area contributed by atoms with E-state index in [1.807, 2.05) is 56.3 Å². The van der Waals surface area contributed by atoms with E-state index in [4.69, 9.17) is 14.2 Å². The highest BCUT2D eigenvalue weighted by Crippen LogP contribution is 2.32. The Bertz CT molecular complexity index is 928. The van der Waals surface area contributed by atoms with E-state index in [2.05, 4.69) is 5.32 Å². The second-order valence-electron chi connectivity index (χ2n) is 7.90. The van der Waals surface area contributed by atoms with Crippen LogP contribution in [-0.4, -0.2) is 42.7 Å². The van der Waals surface area contributed by atoms with E-state index in [1.165, 1.54) is 0 Å². The van der Waals surface area contributed by atoms with Gasteiger partial charge >= 0.3 is 0 Å². The lowest BCUT2D eigenvalue weighted by Crippen LogP contribution is -2.49. The summed E-state index contributed by atoms with van der Waals surface area (Å²) in [7, 11) is 1.60. The molecule has 1 N–H and O–H groups in total. The number of nitrogens with zero attached hydrogens (tertiary/aromatic N) is 1. The number of nitrogens with one attached hydrogen (secondary N) is 1. The Morgan fingerprint density at radius 3 is 2.58 bits per heavy atom. The zero-order valence-corrected chi connectivity index (χ0v) is 18.5. The fraction of sp³-hybridized carbons (Fsp3) is 0.417. The van der Waals surface area contributed by atoms with Crippen LogP contribution in [0.5, 0.6) is 17.2 Å². The van der Waals surface area contributed by atoms with Gasteiger partial charge in [-0.25, -0.2) is 0 Å². The van der Waals surface area contributed by atoms with E-state index in [9.17, 15) is 9.59 Å². The first kappa shape index (κ1) is 22.5. The van der Waals surface area contributed by atoms with Gasteiger partial charge in [0.2, 0.25) is 18.6 Å². The van der Waals surface area contributed by atoms with Crippen LogP contribution in [0.15, 0.2) is 42.5 Å². The molecule has 0 spiro atoms. The van der Waals surface area contributed by atoms with E-state index in [0.717, 1.165) is 11.1 Å². The lowest BCUT2D eigenvalue weighted by atomic mass is 10.1. The van der Waals surface area contributed by atoms with Gasteiger partial charge in [-0.3, -0.25) is 9.59 Å². The molecule has 0 bridgehead atoms. The molecule has 1 aliphatic rings. The number of ether oxygens (including phenoxy) is 3. The van der Waals surface area contributed by atoms with Crippen LogP contribution in [-0.2, 0) is 22.6 Å². The minimum absolute atomic E-state index is 0.00245. The zero-order chi connectivity index (χ0) is 22.4. The molecule has 0 saturated carbocycles. The molecule has 7 heteroatoms. The summed E-state index contributed by atoms with van der Waals surface area (Å²) in [6.45, 7) is 6.10. The minimum atomic E-state index is -0.599. The van der Waals surface area contributed by atoms with E-state index < -0.39 is 6.04 Å². The van der Waals surface area contributed by atoms with Crippen molar-refractivity contribution in [2.45, 2.75) is 52.2 Å². The van der Waals surface area contributed by atoms with Crippen LogP contribution in [0.3, 0.4) is 0 Å². The van der Waals surface area contributed by atoms with E-state index in [-0.39, 0.29) is 31.1 Å². The molecule has 1 atom stereocenters.